The molecule has 1 aliphatic rings. The van der Waals surface area contributed by atoms with Gasteiger partial charge >= 0.3 is 0 Å². The molecular formula is C19H20ClN5O2. The van der Waals surface area contributed by atoms with Crippen molar-refractivity contribution < 1.29 is 8.85 Å². The molecule has 3 aromatic heterocycles. The number of hydrogen-bond donors (Lipinski definition) is 2. The Kier molecular flexibility index (Phi) is 4.03. The molecular weight excluding hydrogens is 366 g/mol. The highest BCUT2D eigenvalue weighted by Gasteiger charge is 2.17. The Labute approximate surface area is 165 Å². The van der Waals surface area contributed by atoms with Crippen LogP contribution in [0, 0.1) is 0 Å². The quantitative estimate of drug-likeness (QED) is 0.697. The number of aromatic nitrogens is 3. The minimum Gasteiger partial charge on any atom is -0.376 e. The number of aryl methyl sites for hydroxylation is 1. The largest absolute Gasteiger partial charge is 0.376 e. The van der Waals surface area contributed by atoms with Gasteiger partial charge in [0.05, 0.1) is 11.5 Å². The second-order valence-electron chi connectivity index (χ2n) is 6.31. The molecule has 4 heterocycles. The Balaban J connectivity index is 1.77. The van der Waals surface area contributed by atoms with E-state index >= 15 is 0 Å². The molecule has 140 valence electrons. The van der Waals surface area contributed by atoms with E-state index in [1.54, 1.807) is 30.5 Å². The zero-order chi connectivity index (χ0) is 21.3. The fraction of sp³-hybridized carbons (Fsp3) is 0.316. The summed E-state index contributed by atoms with van der Waals surface area (Å²) in [5.41, 5.74) is -0.637. The van der Waals surface area contributed by atoms with Crippen LogP contribution in [0.4, 0.5) is 17.5 Å². The molecule has 0 radical (unpaired) electrons. The average Bonchev–Trinajstić information content (AvgIpc) is 3.19. The predicted molar refractivity (Wildman–Crippen MR) is 107 cm³/mol. The molecule has 1 fully saturated rings. The second kappa shape index (κ2) is 7.54. The third-order valence-electron chi connectivity index (χ3n) is 4.39. The number of ether oxygens (including phenoxy) is 1. The Morgan fingerprint density at radius 3 is 3.11 bits per heavy atom. The van der Waals surface area contributed by atoms with Crippen LogP contribution in [0.2, 0.25) is 5.02 Å². The van der Waals surface area contributed by atoms with E-state index in [1.165, 1.54) is 6.20 Å². The number of rotatable bonds is 5. The number of hydrogen-bond acceptors (Lipinski definition) is 6. The first-order valence-corrected chi connectivity index (χ1v) is 9.00. The maximum Gasteiger partial charge on any atom is 0.261 e. The molecule has 0 aromatic carbocycles. The Morgan fingerprint density at radius 1 is 1.41 bits per heavy atom. The van der Waals surface area contributed by atoms with E-state index in [0.29, 0.717) is 35.2 Å². The highest BCUT2D eigenvalue weighted by molar-refractivity contribution is 6.30. The topological polar surface area (TPSA) is 81.1 Å². The molecule has 0 spiro atoms. The van der Waals surface area contributed by atoms with Crippen molar-refractivity contribution in [1.82, 2.24) is 14.5 Å². The van der Waals surface area contributed by atoms with E-state index in [0.717, 1.165) is 17.4 Å². The van der Waals surface area contributed by atoms with Gasteiger partial charge < -0.3 is 19.9 Å². The highest BCUT2D eigenvalue weighted by Crippen LogP contribution is 2.25. The summed E-state index contributed by atoms with van der Waals surface area (Å²) in [7, 11) is 0. The fourth-order valence-corrected chi connectivity index (χ4v) is 3.24. The van der Waals surface area contributed by atoms with Gasteiger partial charge in [-0.2, -0.15) is 0 Å². The minimum atomic E-state index is -2.58. The molecule has 1 saturated heterocycles. The predicted octanol–water partition coefficient (Wildman–Crippen LogP) is 3.32. The maximum atomic E-state index is 12.9. The second-order valence-corrected chi connectivity index (χ2v) is 6.75. The van der Waals surface area contributed by atoms with Crippen LogP contribution in [0.15, 0.2) is 41.5 Å². The van der Waals surface area contributed by atoms with Crippen molar-refractivity contribution in [3.05, 3.63) is 52.0 Å². The van der Waals surface area contributed by atoms with Crippen LogP contribution in [0.5, 0.6) is 0 Å². The molecule has 27 heavy (non-hydrogen) atoms. The van der Waals surface area contributed by atoms with Gasteiger partial charge in [-0.25, -0.2) is 9.97 Å². The molecule has 1 aliphatic heterocycles. The lowest BCUT2D eigenvalue weighted by molar-refractivity contribution is 0.120. The van der Waals surface area contributed by atoms with Crippen molar-refractivity contribution in [2.45, 2.75) is 18.9 Å². The summed E-state index contributed by atoms with van der Waals surface area (Å²) in [6.07, 6.45) is 4.74. The van der Waals surface area contributed by atoms with Gasteiger partial charge in [0.1, 0.15) is 17.5 Å². The van der Waals surface area contributed by atoms with Crippen LogP contribution >= 0.6 is 11.6 Å². The zero-order valence-corrected chi connectivity index (χ0v) is 15.2. The van der Waals surface area contributed by atoms with Gasteiger partial charge in [-0.3, -0.25) is 4.79 Å². The molecule has 0 bridgehead atoms. The van der Waals surface area contributed by atoms with Crippen LogP contribution in [0.1, 0.15) is 17.0 Å². The van der Waals surface area contributed by atoms with E-state index in [1.807, 2.05) is 0 Å². The summed E-state index contributed by atoms with van der Waals surface area (Å²) in [6.45, 7) is -1.42. The van der Waals surface area contributed by atoms with Gasteiger partial charge in [-0.05, 0) is 42.5 Å². The van der Waals surface area contributed by atoms with Crippen LogP contribution in [0.3, 0.4) is 0 Å². The first-order valence-electron chi connectivity index (χ1n) is 10.1. The monoisotopic (exact) mass is 388 g/mol. The maximum absolute atomic E-state index is 12.9. The van der Waals surface area contributed by atoms with Gasteiger partial charge in [0.2, 0.25) is 0 Å². The number of nitrogens with one attached hydrogen (secondary N) is 2. The lowest BCUT2D eigenvalue weighted by Crippen LogP contribution is -2.22. The van der Waals surface area contributed by atoms with Crippen molar-refractivity contribution in [3.63, 3.8) is 0 Å². The number of halogens is 1. The Morgan fingerprint density at radius 2 is 2.33 bits per heavy atom. The van der Waals surface area contributed by atoms with Crippen LogP contribution < -0.4 is 16.2 Å². The number of anilines is 3. The summed E-state index contributed by atoms with van der Waals surface area (Å²) in [6, 6.07) is 6.56. The normalized spacial score (nSPS) is 18.7. The van der Waals surface area contributed by atoms with Crippen molar-refractivity contribution in [2.24, 2.45) is 6.98 Å². The van der Waals surface area contributed by atoms with E-state index in [9.17, 15) is 4.79 Å². The number of pyridine rings is 3. The first-order chi connectivity index (χ1) is 14.3. The summed E-state index contributed by atoms with van der Waals surface area (Å²) in [4.78, 5) is 21.7. The minimum absolute atomic E-state index is 0.0154. The standard InChI is InChI=1S/C19H20ClN5O2/c1-25-7-5-12-9-16(23-15-10-13(20)4-6-21-15)24-18(17(12)19(25)26)22-11-14-3-2-8-27-14/h4-7,9-10,14H,2-3,8,11H2,1H3,(H2,21,22,23,24)/t14-/m0/s1/i1D3. The molecule has 8 heteroatoms. The zero-order valence-electron chi connectivity index (χ0n) is 17.4. The van der Waals surface area contributed by atoms with Gasteiger partial charge in [0.25, 0.3) is 5.56 Å². The van der Waals surface area contributed by atoms with Crippen LogP contribution in [0.25, 0.3) is 10.8 Å². The molecule has 0 aliphatic carbocycles. The SMILES string of the molecule is [2H]C([2H])([2H])n1ccc2cc(Nc3cc(Cl)ccn3)nc(NC[C@@H]3CCCO3)c2c1=O. The molecule has 0 saturated carbocycles. The van der Waals surface area contributed by atoms with Gasteiger partial charge in [0.15, 0.2) is 0 Å². The molecule has 0 amide bonds. The summed E-state index contributed by atoms with van der Waals surface area (Å²) >= 11 is 6.02. The molecule has 3 aromatic rings. The average molecular weight is 389 g/mol. The number of nitrogens with zero attached hydrogens (tertiary/aromatic N) is 3. The Hall–Kier alpha value is -2.64. The fourth-order valence-electron chi connectivity index (χ4n) is 3.08. The van der Waals surface area contributed by atoms with Crippen LogP contribution in [-0.2, 0) is 11.7 Å². The van der Waals surface area contributed by atoms with E-state index in [-0.39, 0.29) is 17.3 Å². The number of fused-ring (bicyclic) bond motifs is 1. The lowest BCUT2D eigenvalue weighted by atomic mass is 10.2. The van der Waals surface area contributed by atoms with Crippen molar-refractivity contribution in [3.8, 4) is 0 Å². The van der Waals surface area contributed by atoms with E-state index in [2.05, 4.69) is 20.6 Å². The summed E-state index contributed by atoms with van der Waals surface area (Å²) in [5, 5.41) is 7.51. The third-order valence-corrected chi connectivity index (χ3v) is 4.62. The van der Waals surface area contributed by atoms with Gasteiger partial charge in [0, 0.05) is 41.7 Å². The Bertz CT molecular complexity index is 1130. The lowest BCUT2D eigenvalue weighted by Gasteiger charge is -2.15. The molecule has 4 rings (SSSR count). The molecule has 2 N–H and O–H groups in total. The van der Waals surface area contributed by atoms with E-state index < -0.39 is 12.5 Å². The van der Waals surface area contributed by atoms with Crippen molar-refractivity contribution in [1.29, 1.82) is 0 Å². The summed E-state index contributed by atoms with van der Waals surface area (Å²) in [5.74, 6) is 1.23. The highest BCUT2D eigenvalue weighted by atomic mass is 35.5. The van der Waals surface area contributed by atoms with Crippen molar-refractivity contribution >= 4 is 39.8 Å². The molecule has 0 unspecified atom stereocenters. The van der Waals surface area contributed by atoms with Crippen LogP contribution in [-0.4, -0.2) is 33.8 Å². The van der Waals surface area contributed by atoms with Gasteiger partial charge in [-0.15, -0.1) is 0 Å². The van der Waals surface area contributed by atoms with Gasteiger partial charge in [-0.1, -0.05) is 11.6 Å². The van der Waals surface area contributed by atoms with E-state index in [4.69, 9.17) is 20.5 Å². The smallest absolute Gasteiger partial charge is 0.261 e. The molecule has 7 nitrogen and oxygen atoms in total. The first kappa shape index (κ1) is 14.4. The molecule has 1 atom stereocenters. The summed E-state index contributed by atoms with van der Waals surface area (Å²) < 4.78 is 29.2. The third kappa shape index (κ3) is 3.89. The van der Waals surface area contributed by atoms with Crippen molar-refractivity contribution in [2.75, 3.05) is 23.8 Å².